The van der Waals surface area contributed by atoms with Crippen LogP contribution in [0.15, 0.2) is 13.2 Å². The molecule has 0 unspecified atom stereocenters. The van der Waals surface area contributed by atoms with E-state index < -0.39 is 23.9 Å². The predicted molar refractivity (Wildman–Crippen MR) is 71.7 cm³/mol. The number of hydrogen-bond acceptors (Lipinski definition) is 10. The minimum absolute atomic E-state index is 0.223. The second-order valence-corrected chi connectivity index (χ2v) is 3.44. The van der Waals surface area contributed by atoms with Crippen LogP contribution in [0.2, 0.25) is 0 Å². The molecule has 0 radical (unpaired) electrons. The standard InChI is InChI=1S/C10H16N2O8.C2H4/c1-7(13)17-11(18-8(2)14)5-6-12(19-9(3)15)20-10(4)16;1-2/h5-6H2,1-4H3;1-2H2. The lowest BCUT2D eigenvalue weighted by atomic mass is 10.7. The lowest BCUT2D eigenvalue weighted by Gasteiger charge is -2.22. The number of nitrogens with zero attached hydrogens (tertiary/aromatic N) is 2. The van der Waals surface area contributed by atoms with Crippen LogP contribution in [0, 0.1) is 0 Å². The molecule has 0 atom stereocenters. The summed E-state index contributed by atoms with van der Waals surface area (Å²) in [5.74, 6) is -2.90. The van der Waals surface area contributed by atoms with Crippen LogP contribution in [-0.4, -0.2) is 47.4 Å². The predicted octanol–water partition coefficient (Wildman–Crippen LogP) is 0.305. The Morgan fingerprint density at radius 1 is 0.636 bits per heavy atom. The highest BCUT2D eigenvalue weighted by atomic mass is 17.0. The Morgan fingerprint density at radius 3 is 0.955 bits per heavy atom. The van der Waals surface area contributed by atoms with Gasteiger partial charge in [0, 0.05) is 38.1 Å². The summed E-state index contributed by atoms with van der Waals surface area (Å²) in [6, 6.07) is 0. The molecule has 126 valence electrons. The second-order valence-electron chi connectivity index (χ2n) is 3.44. The van der Waals surface area contributed by atoms with Crippen molar-refractivity contribution < 1.29 is 38.5 Å². The van der Waals surface area contributed by atoms with E-state index in [1.165, 1.54) is 0 Å². The quantitative estimate of drug-likeness (QED) is 0.479. The van der Waals surface area contributed by atoms with Gasteiger partial charge in [0.25, 0.3) is 0 Å². The zero-order valence-corrected chi connectivity index (χ0v) is 13.0. The Balaban J connectivity index is 0. The average Bonchev–Trinajstić information content (AvgIpc) is 2.35. The van der Waals surface area contributed by atoms with Crippen molar-refractivity contribution in [2.45, 2.75) is 27.7 Å². The largest absolute Gasteiger partial charge is 0.333 e. The molecule has 0 aliphatic carbocycles. The van der Waals surface area contributed by atoms with E-state index in [1.807, 2.05) is 0 Å². The van der Waals surface area contributed by atoms with E-state index in [0.717, 1.165) is 27.7 Å². The monoisotopic (exact) mass is 320 g/mol. The molecule has 0 bridgehead atoms. The Bertz CT molecular complexity index is 331. The molecular formula is C12H20N2O8. The van der Waals surface area contributed by atoms with Crippen LogP contribution in [0.25, 0.3) is 0 Å². The van der Waals surface area contributed by atoms with Crippen molar-refractivity contribution >= 4 is 23.9 Å². The first-order valence-corrected chi connectivity index (χ1v) is 6.00. The average molecular weight is 320 g/mol. The smallest absolute Gasteiger partial charge is 0.326 e. The van der Waals surface area contributed by atoms with E-state index in [-0.39, 0.29) is 13.1 Å². The molecule has 0 spiro atoms. The van der Waals surface area contributed by atoms with Gasteiger partial charge in [-0.1, -0.05) is 0 Å². The van der Waals surface area contributed by atoms with Crippen molar-refractivity contribution in [3.63, 3.8) is 0 Å². The van der Waals surface area contributed by atoms with Crippen LogP contribution in [0.1, 0.15) is 27.7 Å². The third-order valence-electron chi connectivity index (χ3n) is 1.39. The van der Waals surface area contributed by atoms with Crippen molar-refractivity contribution in [2.24, 2.45) is 0 Å². The Hall–Kier alpha value is -2.46. The maximum Gasteiger partial charge on any atom is 0.326 e. The fourth-order valence-electron chi connectivity index (χ4n) is 0.957. The van der Waals surface area contributed by atoms with Crippen LogP contribution in [0.3, 0.4) is 0 Å². The molecule has 0 aliphatic heterocycles. The lowest BCUT2D eigenvalue weighted by molar-refractivity contribution is -0.354. The van der Waals surface area contributed by atoms with E-state index in [4.69, 9.17) is 0 Å². The van der Waals surface area contributed by atoms with E-state index in [9.17, 15) is 19.2 Å². The topological polar surface area (TPSA) is 112 Å². The highest BCUT2D eigenvalue weighted by Gasteiger charge is 2.18. The first kappa shape index (κ1) is 21.8. The molecule has 10 heteroatoms. The van der Waals surface area contributed by atoms with Gasteiger partial charge in [0.05, 0.1) is 13.1 Å². The van der Waals surface area contributed by atoms with Gasteiger partial charge in [-0.25, -0.2) is 0 Å². The molecule has 0 aromatic carbocycles. The van der Waals surface area contributed by atoms with Gasteiger partial charge in [0.1, 0.15) is 0 Å². The SMILES string of the molecule is C=C.CC(=O)ON(CCN(OC(C)=O)OC(C)=O)OC(C)=O. The highest BCUT2D eigenvalue weighted by molar-refractivity contribution is 5.67. The minimum atomic E-state index is -0.724. The van der Waals surface area contributed by atoms with Crippen LogP contribution < -0.4 is 0 Å². The molecule has 0 aromatic rings. The Kier molecular flexibility index (Phi) is 12.2. The molecule has 10 nitrogen and oxygen atoms in total. The summed E-state index contributed by atoms with van der Waals surface area (Å²) in [5, 5.41) is 1.15. The molecule has 0 aliphatic rings. The maximum atomic E-state index is 10.8. The van der Waals surface area contributed by atoms with Crippen LogP contribution >= 0.6 is 0 Å². The fraction of sp³-hybridized carbons (Fsp3) is 0.500. The normalized spacial score (nSPS) is 9.36. The van der Waals surface area contributed by atoms with Gasteiger partial charge in [-0.15, -0.1) is 13.2 Å². The Labute approximate surface area is 128 Å². The van der Waals surface area contributed by atoms with Crippen molar-refractivity contribution in [2.75, 3.05) is 13.1 Å². The summed E-state index contributed by atoms with van der Waals surface area (Å²) >= 11 is 0. The van der Waals surface area contributed by atoms with E-state index >= 15 is 0 Å². The van der Waals surface area contributed by atoms with E-state index in [1.54, 1.807) is 0 Å². The first-order valence-electron chi connectivity index (χ1n) is 6.00. The van der Waals surface area contributed by atoms with E-state index in [2.05, 4.69) is 32.5 Å². The van der Waals surface area contributed by atoms with E-state index in [0.29, 0.717) is 10.5 Å². The van der Waals surface area contributed by atoms with Gasteiger partial charge in [0.15, 0.2) is 0 Å². The number of rotatable bonds is 7. The highest BCUT2D eigenvalue weighted by Crippen LogP contribution is 1.99. The van der Waals surface area contributed by atoms with Crippen LogP contribution in [0.5, 0.6) is 0 Å². The molecule has 0 fully saturated rings. The summed E-state index contributed by atoms with van der Waals surface area (Å²) in [6.45, 7) is 9.97. The number of carbonyl (C=O) groups excluding carboxylic acids is 4. The fourth-order valence-corrected chi connectivity index (χ4v) is 0.957. The summed E-state index contributed by atoms with van der Waals surface area (Å²) in [5.41, 5.74) is 0. The van der Waals surface area contributed by atoms with Gasteiger partial charge in [-0.3, -0.25) is 19.2 Å². The molecule has 0 aromatic heterocycles. The molecule has 0 saturated carbocycles. The summed E-state index contributed by atoms with van der Waals surface area (Å²) in [7, 11) is 0. The molecule has 0 heterocycles. The molecule has 0 N–H and O–H groups in total. The molecular weight excluding hydrogens is 300 g/mol. The zero-order chi connectivity index (χ0) is 17.7. The summed E-state index contributed by atoms with van der Waals surface area (Å²) in [4.78, 5) is 61.4. The number of hydrogen-bond donors (Lipinski definition) is 0. The molecule has 0 saturated heterocycles. The third-order valence-corrected chi connectivity index (χ3v) is 1.39. The molecule has 0 amide bonds. The van der Waals surface area contributed by atoms with Crippen molar-refractivity contribution in [1.29, 1.82) is 0 Å². The van der Waals surface area contributed by atoms with Crippen LogP contribution in [0.4, 0.5) is 0 Å². The number of hydroxylamine groups is 4. The summed E-state index contributed by atoms with van der Waals surface area (Å²) in [6.07, 6.45) is 0. The van der Waals surface area contributed by atoms with Gasteiger partial charge >= 0.3 is 23.9 Å². The molecule has 22 heavy (non-hydrogen) atoms. The van der Waals surface area contributed by atoms with Gasteiger partial charge in [-0.05, 0) is 0 Å². The minimum Gasteiger partial charge on any atom is -0.333 e. The van der Waals surface area contributed by atoms with Crippen molar-refractivity contribution in [1.82, 2.24) is 10.5 Å². The first-order chi connectivity index (χ1) is 10.2. The molecule has 0 rings (SSSR count). The van der Waals surface area contributed by atoms with Gasteiger partial charge in [-0.2, -0.15) is 0 Å². The van der Waals surface area contributed by atoms with Crippen LogP contribution in [-0.2, 0) is 38.5 Å². The second kappa shape index (κ2) is 12.3. The van der Waals surface area contributed by atoms with Gasteiger partial charge in [0.2, 0.25) is 0 Å². The lowest BCUT2D eigenvalue weighted by Crippen LogP contribution is -2.38. The van der Waals surface area contributed by atoms with Gasteiger partial charge < -0.3 is 19.4 Å². The zero-order valence-electron chi connectivity index (χ0n) is 13.0. The third kappa shape index (κ3) is 14.0. The maximum absolute atomic E-state index is 10.8. The Morgan fingerprint density at radius 2 is 0.818 bits per heavy atom. The van der Waals surface area contributed by atoms with Crippen molar-refractivity contribution in [3.8, 4) is 0 Å². The summed E-state index contributed by atoms with van der Waals surface area (Å²) < 4.78 is 0. The van der Waals surface area contributed by atoms with Crippen molar-refractivity contribution in [3.05, 3.63) is 13.2 Å². The number of carbonyl (C=O) groups is 4.